The summed E-state index contributed by atoms with van der Waals surface area (Å²) in [5, 5.41) is 9.79. The third kappa shape index (κ3) is 3.36. The van der Waals surface area contributed by atoms with Gasteiger partial charge in [-0.3, -0.25) is 0 Å². The highest BCUT2D eigenvalue weighted by atomic mass is 35.5. The zero-order chi connectivity index (χ0) is 14.5. The van der Waals surface area contributed by atoms with E-state index >= 15 is 0 Å². The molecule has 5 heteroatoms. The van der Waals surface area contributed by atoms with Crippen LogP contribution in [0.15, 0.2) is 36.4 Å². The fourth-order valence-corrected chi connectivity index (χ4v) is 2.10. The summed E-state index contributed by atoms with van der Waals surface area (Å²) in [7, 11) is 1.59. The molecule has 0 aliphatic heterocycles. The van der Waals surface area contributed by atoms with Gasteiger partial charge in [-0.2, -0.15) is 5.26 Å². The van der Waals surface area contributed by atoms with Crippen molar-refractivity contribution in [3.63, 3.8) is 0 Å². The van der Waals surface area contributed by atoms with Gasteiger partial charge in [0.25, 0.3) is 0 Å². The summed E-state index contributed by atoms with van der Waals surface area (Å²) in [6.07, 6.45) is 0. The third-order valence-corrected chi connectivity index (χ3v) is 3.25. The number of hydrogen-bond donors (Lipinski definition) is 0. The van der Waals surface area contributed by atoms with Gasteiger partial charge in [0.15, 0.2) is 0 Å². The van der Waals surface area contributed by atoms with Crippen molar-refractivity contribution in [2.45, 2.75) is 6.61 Å². The lowest BCUT2D eigenvalue weighted by Gasteiger charge is -2.11. The van der Waals surface area contributed by atoms with E-state index < -0.39 is 0 Å². The maximum absolute atomic E-state index is 8.81. The average Bonchev–Trinajstić information content (AvgIpc) is 2.45. The Bertz CT molecular complexity index is 665. The van der Waals surface area contributed by atoms with Gasteiger partial charge in [0.1, 0.15) is 24.2 Å². The van der Waals surface area contributed by atoms with E-state index in [0.29, 0.717) is 33.7 Å². The maximum Gasteiger partial charge on any atom is 0.125 e. The molecule has 102 valence electrons. The van der Waals surface area contributed by atoms with E-state index in [9.17, 15) is 0 Å². The summed E-state index contributed by atoms with van der Waals surface area (Å²) in [6, 6.07) is 12.2. The molecule has 0 unspecified atom stereocenters. The number of rotatable bonds is 4. The van der Waals surface area contributed by atoms with Crippen LogP contribution in [0.1, 0.15) is 11.1 Å². The molecular formula is C15H11Cl2NO2. The molecule has 0 fully saturated rings. The summed E-state index contributed by atoms with van der Waals surface area (Å²) in [6.45, 7) is 0.298. The molecule has 0 radical (unpaired) electrons. The van der Waals surface area contributed by atoms with Crippen molar-refractivity contribution in [1.29, 1.82) is 5.26 Å². The summed E-state index contributed by atoms with van der Waals surface area (Å²) in [4.78, 5) is 0. The van der Waals surface area contributed by atoms with Gasteiger partial charge in [-0.25, -0.2) is 0 Å². The average molecular weight is 308 g/mol. The minimum Gasteiger partial charge on any atom is -0.496 e. The summed E-state index contributed by atoms with van der Waals surface area (Å²) >= 11 is 11.9. The zero-order valence-corrected chi connectivity index (χ0v) is 12.2. The quantitative estimate of drug-likeness (QED) is 0.838. The van der Waals surface area contributed by atoms with E-state index in [1.165, 1.54) is 0 Å². The third-order valence-electron chi connectivity index (χ3n) is 2.70. The van der Waals surface area contributed by atoms with E-state index in [0.717, 1.165) is 5.56 Å². The molecule has 0 spiro atoms. The Balaban J connectivity index is 2.15. The number of methoxy groups -OCH3 is 1. The highest BCUT2D eigenvalue weighted by molar-refractivity contribution is 6.31. The van der Waals surface area contributed by atoms with Crippen LogP contribution in [0.25, 0.3) is 0 Å². The number of halogens is 2. The first-order valence-corrected chi connectivity index (χ1v) is 6.54. The molecule has 0 heterocycles. The Labute approximate surface area is 127 Å². The molecule has 0 amide bonds. The first-order chi connectivity index (χ1) is 9.63. The molecule has 0 N–H and O–H groups in total. The molecule has 2 rings (SSSR count). The van der Waals surface area contributed by atoms with Crippen LogP contribution in [0.2, 0.25) is 10.0 Å². The lowest BCUT2D eigenvalue weighted by atomic mass is 10.2. The molecule has 0 aliphatic carbocycles. The molecule has 0 saturated carbocycles. The van der Waals surface area contributed by atoms with Gasteiger partial charge in [0.2, 0.25) is 0 Å². The van der Waals surface area contributed by atoms with Gasteiger partial charge < -0.3 is 9.47 Å². The van der Waals surface area contributed by atoms with E-state index in [2.05, 4.69) is 0 Å². The second-order valence-corrected chi connectivity index (χ2v) is 4.84. The Morgan fingerprint density at radius 1 is 1.15 bits per heavy atom. The number of benzene rings is 2. The van der Waals surface area contributed by atoms with Crippen LogP contribution < -0.4 is 9.47 Å². The lowest BCUT2D eigenvalue weighted by molar-refractivity contribution is 0.296. The zero-order valence-electron chi connectivity index (χ0n) is 10.7. The van der Waals surface area contributed by atoms with Gasteiger partial charge in [-0.05, 0) is 30.3 Å². The second kappa shape index (κ2) is 6.51. The smallest absolute Gasteiger partial charge is 0.125 e. The van der Waals surface area contributed by atoms with Crippen molar-refractivity contribution in [2.75, 3.05) is 7.11 Å². The van der Waals surface area contributed by atoms with Crippen LogP contribution in [-0.4, -0.2) is 7.11 Å². The van der Waals surface area contributed by atoms with Crippen molar-refractivity contribution >= 4 is 23.2 Å². The SMILES string of the molecule is COc1ccc(Cl)cc1COc1ccc(C#N)c(Cl)c1. The Morgan fingerprint density at radius 3 is 2.60 bits per heavy atom. The van der Waals surface area contributed by atoms with Crippen molar-refractivity contribution < 1.29 is 9.47 Å². The lowest BCUT2D eigenvalue weighted by Crippen LogP contribution is -1.99. The van der Waals surface area contributed by atoms with Crippen LogP contribution in [0.3, 0.4) is 0 Å². The Kier molecular flexibility index (Phi) is 4.73. The van der Waals surface area contributed by atoms with E-state index in [1.807, 2.05) is 6.07 Å². The monoisotopic (exact) mass is 307 g/mol. The number of hydrogen-bond acceptors (Lipinski definition) is 3. The second-order valence-electron chi connectivity index (χ2n) is 4.00. The normalized spacial score (nSPS) is 9.90. The predicted molar refractivity (Wildman–Crippen MR) is 78.5 cm³/mol. The molecule has 0 saturated heterocycles. The fraction of sp³-hybridized carbons (Fsp3) is 0.133. The summed E-state index contributed by atoms with van der Waals surface area (Å²) in [5.41, 5.74) is 1.25. The van der Waals surface area contributed by atoms with Crippen LogP contribution in [0.5, 0.6) is 11.5 Å². The molecular weight excluding hydrogens is 297 g/mol. The van der Waals surface area contributed by atoms with Crippen molar-refractivity contribution in [1.82, 2.24) is 0 Å². The van der Waals surface area contributed by atoms with Crippen molar-refractivity contribution in [2.24, 2.45) is 0 Å². The topological polar surface area (TPSA) is 42.2 Å². The van der Waals surface area contributed by atoms with Crippen LogP contribution in [0, 0.1) is 11.3 Å². The maximum atomic E-state index is 8.81. The van der Waals surface area contributed by atoms with E-state index in [-0.39, 0.29) is 0 Å². The first kappa shape index (κ1) is 14.5. The highest BCUT2D eigenvalue weighted by Crippen LogP contribution is 2.26. The molecule has 0 aromatic heterocycles. The predicted octanol–water partition coefficient (Wildman–Crippen LogP) is 4.45. The van der Waals surface area contributed by atoms with Crippen LogP contribution in [-0.2, 0) is 6.61 Å². The standard InChI is InChI=1S/C15H11Cl2NO2/c1-19-15-5-3-12(16)6-11(15)9-20-13-4-2-10(8-18)14(17)7-13/h2-7H,9H2,1H3. The van der Waals surface area contributed by atoms with Crippen molar-refractivity contribution in [3.05, 3.63) is 57.6 Å². The van der Waals surface area contributed by atoms with E-state index in [1.54, 1.807) is 43.5 Å². The summed E-state index contributed by atoms with van der Waals surface area (Å²) in [5.74, 6) is 1.28. The fourth-order valence-electron chi connectivity index (χ4n) is 1.70. The van der Waals surface area contributed by atoms with Gasteiger partial charge >= 0.3 is 0 Å². The number of nitriles is 1. The minimum absolute atomic E-state index is 0.298. The van der Waals surface area contributed by atoms with Gasteiger partial charge in [0.05, 0.1) is 17.7 Å². The Hall–Kier alpha value is -1.89. The van der Waals surface area contributed by atoms with E-state index in [4.69, 9.17) is 37.9 Å². The number of ether oxygens (including phenoxy) is 2. The molecule has 3 nitrogen and oxygen atoms in total. The largest absolute Gasteiger partial charge is 0.496 e. The highest BCUT2D eigenvalue weighted by Gasteiger charge is 2.06. The number of nitrogens with zero attached hydrogens (tertiary/aromatic N) is 1. The van der Waals surface area contributed by atoms with Gasteiger partial charge in [-0.1, -0.05) is 23.2 Å². The minimum atomic E-state index is 0.298. The Morgan fingerprint density at radius 2 is 1.95 bits per heavy atom. The molecule has 2 aromatic rings. The van der Waals surface area contributed by atoms with Gasteiger partial charge in [-0.15, -0.1) is 0 Å². The molecule has 2 aromatic carbocycles. The van der Waals surface area contributed by atoms with Gasteiger partial charge in [0, 0.05) is 16.7 Å². The van der Waals surface area contributed by atoms with Crippen LogP contribution >= 0.6 is 23.2 Å². The molecule has 0 atom stereocenters. The molecule has 20 heavy (non-hydrogen) atoms. The first-order valence-electron chi connectivity index (χ1n) is 5.79. The van der Waals surface area contributed by atoms with Crippen molar-refractivity contribution in [3.8, 4) is 17.6 Å². The van der Waals surface area contributed by atoms with Crippen LogP contribution in [0.4, 0.5) is 0 Å². The molecule has 0 bridgehead atoms. The molecule has 0 aliphatic rings. The summed E-state index contributed by atoms with van der Waals surface area (Å²) < 4.78 is 10.9.